The number of allylic oxidation sites excluding steroid dienone is 4. The number of benzene rings is 1. The van der Waals surface area contributed by atoms with Gasteiger partial charge in [0.1, 0.15) is 5.83 Å². The largest absolute Gasteiger partial charge is 0.294 e. The van der Waals surface area contributed by atoms with Crippen molar-refractivity contribution in [3.8, 4) is 0 Å². The van der Waals surface area contributed by atoms with Crippen LogP contribution in [0.15, 0.2) is 73.6 Å². The molecule has 1 aromatic carbocycles. The van der Waals surface area contributed by atoms with Crippen LogP contribution in [0.3, 0.4) is 0 Å². The van der Waals surface area contributed by atoms with Gasteiger partial charge in [0.25, 0.3) is 0 Å². The molecule has 0 N–H and O–H groups in total. The molecule has 0 amide bonds. The molecule has 24 heavy (non-hydrogen) atoms. The first kappa shape index (κ1) is 16.3. The Morgan fingerprint density at radius 2 is 2.00 bits per heavy atom. The predicted octanol–water partition coefficient (Wildman–Crippen LogP) is 4.69. The number of halogens is 1. The minimum atomic E-state index is -0.483. The van der Waals surface area contributed by atoms with E-state index < -0.39 is 5.83 Å². The van der Waals surface area contributed by atoms with Crippen molar-refractivity contribution >= 4 is 5.57 Å². The standard InChI is InChI=1S/C21H21FN2/c1-3-7-19(16(2)22)21-11-10-18-15-24(13-12-20(18)23-21)14-17-8-5-4-6-9-17/h3-11H,1-2,12-15H2/b19-7+. The first-order valence-electron chi connectivity index (χ1n) is 8.10. The van der Waals surface area contributed by atoms with E-state index in [4.69, 9.17) is 0 Å². The number of pyridine rings is 1. The van der Waals surface area contributed by atoms with E-state index in [0.29, 0.717) is 11.3 Å². The van der Waals surface area contributed by atoms with E-state index in [9.17, 15) is 4.39 Å². The Morgan fingerprint density at radius 3 is 2.71 bits per heavy atom. The Hall–Kier alpha value is -2.52. The third-order valence-electron chi connectivity index (χ3n) is 4.23. The average Bonchev–Trinajstić information content (AvgIpc) is 2.60. The molecule has 0 saturated carbocycles. The van der Waals surface area contributed by atoms with Crippen molar-refractivity contribution in [1.82, 2.24) is 9.88 Å². The van der Waals surface area contributed by atoms with E-state index in [1.807, 2.05) is 12.1 Å². The highest BCUT2D eigenvalue weighted by atomic mass is 19.1. The van der Waals surface area contributed by atoms with E-state index in [2.05, 4.69) is 53.4 Å². The first-order chi connectivity index (χ1) is 11.7. The molecule has 0 atom stereocenters. The fourth-order valence-corrected chi connectivity index (χ4v) is 3.03. The van der Waals surface area contributed by atoms with Gasteiger partial charge in [-0.3, -0.25) is 9.88 Å². The van der Waals surface area contributed by atoms with Gasteiger partial charge in [0.05, 0.1) is 5.69 Å². The van der Waals surface area contributed by atoms with Crippen LogP contribution in [0.4, 0.5) is 4.39 Å². The topological polar surface area (TPSA) is 16.1 Å². The number of fused-ring (bicyclic) bond motifs is 1. The monoisotopic (exact) mass is 320 g/mol. The summed E-state index contributed by atoms with van der Waals surface area (Å²) in [5.74, 6) is -0.483. The number of nitrogens with zero attached hydrogens (tertiary/aromatic N) is 2. The van der Waals surface area contributed by atoms with Crippen molar-refractivity contribution in [1.29, 1.82) is 0 Å². The molecule has 2 heterocycles. The Balaban J connectivity index is 1.78. The Kier molecular flexibility index (Phi) is 5.02. The molecule has 3 heteroatoms. The van der Waals surface area contributed by atoms with Crippen LogP contribution in [0.25, 0.3) is 5.57 Å². The van der Waals surface area contributed by atoms with Gasteiger partial charge in [-0.2, -0.15) is 0 Å². The van der Waals surface area contributed by atoms with Crippen LogP contribution >= 0.6 is 0 Å². The van der Waals surface area contributed by atoms with Gasteiger partial charge in [0.15, 0.2) is 0 Å². The van der Waals surface area contributed by atoms with Crippen LogP contribution in [-0.2, 0) is 19.5 Å². The summed E-state index contributed by atoms with van der Waals surface area (Å²) in [4.78, 5) is 7.06. The zero-order valence-electron chi connectivity index (χ0n) is 13.7. The van der Waals surface area contributed by atoms with Crippen molar-refractivity contribution in [2.45, 2.75) is 19.5 Å². The average molecular weight is 320 g/mol. The van der Waals surface area contributed by atoms with Gasteiger partial charge in [0, 0.05) is 37.3 Å². The second-order valence-corrected chi connectivity index (χ2v) is 5.97. The third kappa shape index (κ3) is 3.69. The van der Waals surface area contributed by atoms with Crippen molar-refractivity contribution in [3.63, 3.8) is 0 Å². The fourth-order valence-electron chi connectivity index (χ4n) is 3.03. The van der Waals surface area contributed by atoms with Gasteiger partial charge in [-0.1, -0.05) is 61.7 Å². The summed E-state index contributed by atoms with van der Waals surface area (Å²) in [5, 5.41) is 0. The third-order valence-corrected chi connectivity index (χ3v) is 4.23. The normalized spacial score (nSPS) is 15.0. The summed E-state index contributed by atoms with van der Waals surface area (Å²) in [6.07, 6.45) is 4.04. The second kappa shape index (κ2) is 7.37. The summed E-state index contributed by atoms with van der Waals surface area (Å²) in [6, 6.07) is 14.4. The van der Waals surface area contributed by atoms with E-state index in [1.54, 1.807) is 12.2 Å². The van der Waals surface area contributed by atoms with Gasteiger partial charge >= 0.3 is 0 Å². The molecule has 122 valence electrons. The highest BCUT2D eigenvalue weighted by Gasteiger charge is 2.19. The minimum absolute atomic E-state index is 0.402. The molecule has 1 aliphatic heterocycles. The van der Waals surface area contributed by atoms with Crippen LogP contribution in [-0.4, -0.2) is 16.4 Å². The molecular formula is C21H21FN2. The van der Waals surface area contributed by atoms with Crippen molar-refractivity contribution in [2.24, 2.45) is 0 Å². The van der Waals surface area contributed by atoms with Crippen molar-refractivity contribution < 1.29 is 4.39 Å². The quantitative estimate of drug-likeness (QED) is 0.743. The molecule has 1 aromatic heterocycles. The zero-order chi connectivity index (χ0) is 16.9. The summed E-state index contributed by atoms with van der Waals surface area (Å²) in [6.45, 7) is 9.78. The maximum atomic E-state index is 13.6. The molecule has 0 aliphatic carbocycles. The smallest absolute Gasteiger partial charge is 0.125 e. The number of rotatable bonds is 5. The number of hydrogen-bond donors (Lipinski definition) is 0. The maximum Gasteiger partial charge on any atom is 0.125 e. The second-order valence-electron chi connectivity index (χ2n) is 5.97. The SMILES string of the molecule is C=C/C=C(\C(=C)F)c1ccc2c(n1)CCN(Cc1ccccc1)C2. The van der Waals surface area contributed by atoms with E-state index in [1.165, 1.54) is 11.1 Å². The molecule has 0 spiro atoms. The molecule has 0 bridgehead atoms. The maximum absolute atomic E-state index is 13.6. The summed E-state index contributed by atoms with van der Waals surface area (Å²) in [7, 11) is 0. The Bertz CT molecular complexity index is 778. The lowest BCUT2D eigenvalue weighted by Crippen LogP contribution is -2.30. The van der Waals surface area contributed by atoms with Crippen molar-refractivity contribution in [3.05, 3.63) is 96.1 Å². The molecule has 0 unspecified atom stereocenters. The Morgan fingerprint density at radius 1 is 1.21 bits per heavy atom. The van der Waals surface area contributed by atoms with Gasteiger partial charge in [-0.05, 0) is 17.2 Å². The molecule has 3 rings (SSSR count). The van der Waals surface area contributed by atoms with Gasteiger partial charge < -0.3 is 0 Å². The van der Waals surface area contributed by atoms with E-state index >= 15 is 0 Å². The van der Waals surface area contributed by atoms with Gasteiger partial charge in [0.2, 0.25) is 0 Å². The van der Waals surface area contributed by atoms with Crippen LogP contribution in [0.1, 0.15) is 22.5 Å². The van der Waals surface area contributed by atoms with E-state index in [0.717, 1.165) is 31.7 Å². The molecule has 1 aliphatic rings. The molecule has 0 saturated heterocycles. The summed E-state index contributed by atoms with van der Waals surface area (Å²) >= 11 is 0. The molecule has 0 fully saturated rings. The Labute approximate surface area is 142 Å². The predicted molar refractivity (Wildman–Crippen MR) is 96.9 cm³/mol. The molecule has 2 nitrogen and oxygen atoms in total. The number of hydrogen-bond acceptors (Lipinski definition) is 2. The molecular weight excluding hydrogens is 299 g/mol. The lowest BCUT2D eigenvalue weighted by Gasteiger charge is -2.28. The zero-order valence-corrected chi connectivity index (χ0v) is 13.7. The van der Waals surface area contributed by atoms with Crippen LogP contribution < -0.4 is 0 Å². The summed E-state index contributed by atoms with van der Waals surface area (Å²) in [5.41, 5.74) is 4.60. The fraction of sp³-hybridized carbons (Fsp3) is 0.190. The summed E-state index contributed by atoms with van der Waals surface area (Å²) < 4.78 is 13.6. The lowest BCUT2D eigenvalue weighted by atomic mass is 10.0. The number of aromatic nitrogens is 1. The van der Waals surface area contributed by atoms with Gasteiger partial charge in [-0.15, -0.1) is 0 Å². The van der Waals surface area contributed by atoms with Crippen LogP contribution in [0, 0.1) is 0 Å². The van der Waals surface area contributed by atoms with E-state index in [-0.39, 0.29) is 0 Å². The first-order valence-corrected chi connectivity index (χ1v) is 8.10. The highest BCUT2D eigenvalue weighted by molar-refractivity contribution is 5.75. The van der Waals surface area contributed by atoms with Crippen LogP contribution in [0.2, 0.25) is 0 Å². The van der Waals surface area contributed by atoms with Crippen LogP contribution in [0.5, 0.6) is 0 Å². The van der Waals surface area contributed by atoms with Gasteiger partial charge in [-0.25, -0.2) is 4.39 Å². The van der Waals surface area contributed by atoms with Crippen molar-refractivity contribution in [2.75, 3.05) is 6.54 Å². The lowest BCUT2D eigenvalue weighted by molar-refractivity contribution is 0.243. The molecule has 0 radical (unpaired) electrons. The highest BCUT2D eigenvalue weighted by Crippen LogP contribution is 2.25. The molecule has 2 aromatic rings. The minimum Gasteiger partial charge on any atom is -0.294 e.